The van der Waals surface area contributed by atoms with Crippen molar-refractivity contribution in [3.05, 3.63) is 59.7 Å². The molecule has 0 spiro atoms. The Bertz CT molecular complexity index is 724. The maximum absolute atomic E-state index is 12.5. The highest BCUT2D eigenvalue weighted by Gasteiger charge is 2.11. The van der Waals surface area contributed by atoms with Crippen LogP contribution < -0.4 is 20.1 Å². The first-order chi connectivity index (χ1) is 13.1. The van der Waals surface area contributed by atoms with Gasteiger partial charge in [-0.2, -0.15) is 8.78 Å². The molecule has 0 aromatic heterocycles. The first-order valence-corrected chi connectivity index (χ1v) is 8.80. The number of aliphatic imine (C=N–C) groups is 1. The third-order valence-corrected chi connectivity index (χ3v) is 3.76. The summed E-state index contributed by atoms with van der Waals surface area (Å²) in [4.78, 5) is 4.50. The van der Waals surface area contributed by atoms with Gasteiger partial charge in [0, 0.05) is 13.1 Å². The summed E-state index contributed by atoms with van der Waals surface area (Å²) in [5.41, 5.74) is 1.98. The largest absolute Gasteiger partial charge is 0.493 e. The van der Waals surface area contributed by atoms with Gasteiger partial charge in [0.15, 0.2) is 17.5 Å². The molecule has 2 aromatic rings. The standard InChI is InChI=1S/C20H25F2N3O2/c1-3-23-20(24-12-11-15-7-5-4-6-8-15)25-14-16-9-10-17(26-2)18(13-16)27-19(21)22/h4-10,13,19H,3,11-12,14H2,1-2H3,(H2,23,24,25). The summed E-state index contributed by atoms with van der Waals surface area (Å²) in [7, 11) is 1.41. The SMILES string of the molecule is CCNC(=NCc1ccc(OC)c(OC(F)F)c1)NCCc1ccccc1. The molecule has 2 aromatic carbocycles. The number of halogens is 2. The molecule has 7 heteroatoms. The van der Waals surface area contributed by atoms with Crippen LogP contribution in [-0.4, -0.2) is 32.8 Å². The number of guanidine groups is 1. The highest BCUT2D eigenvalue weighted by Crippen LogP contribution is 2.29. The molecular weight excluding hydrogens is 352 g/mol. The molecule has 27 heavy (non-hydrogen) atoms. The maximum atomic E-state index is 12.5. The van der Waals surface area contributed by atoms with Crippen molar-refractivity contribution in [3.8, 4) is 11.5 Å². The lowest BCUT2D eigenvalue weighted by atomic mass is 10.1. The predicted octanol–water partition coefficient (Wildman–Crippen LogP) is 3.59. The van der Waals surface area contributed by atoms with Crippen LogP contribution >= 0.6 is 0 Å². The average Bonchev–Trinajstić information content (AvgIpc) is 2.66. The van der Waals surface area contributed by atoms with Gasteiger partial charge in [-0.05, 0) is 36.6 Å². The van der Waals surface area contributed by atoms with Crippen molar-refractivity contribution in [2.45, 2.75) is 26.5 Å². The Labute approximate surface area is 158 Å². The van der Waals surface area contributed by atoms with Gasteiger partial charge >= 0.3 is 6.61 Å². The van der Waals surface area contributed by atoms with Crippen LogP contribution in [0.1, 0.15) is 18.1 Å². The molecule has 5 nitrogen and oxygen atoms in total. The normalized spacial score (nSPS) is 11.4. The van der Waals surface area contributed by atoms with Gasteiger partial charge in [-0.15, -0.1) is 0 Å². The number of benzene rings is 2. The number of methoxy groups -OCH3 is 1. The zero-order valence-electron chi connectivity index (χ0n) is 15.5. The highest BCUT2D eigenvalue weighted by molar-refractivity contribution is 5.79. The van der Waals surface area contributed by atoms with Crippen LogP contribution in [0.3, 0.4) is 0 Å². The molecule has 0 heterocycles. The lowest BCUT2D eigenvalue weighted by molar-refractivity contribution is -0.0512. The van der Waals surface area contributed by atoms with Crippen LogP contribution in [-0.2, 0) is 13.0 Å². The average molecular weight is 377 g/mol. The Morgan fingerprint density at radius 1 is 1.04 bits per heavy atom. The number of ether oxygens (including phenoxy) is 2. The van der Waals surface area contributed by atoms with Crippen LogP contribution in [0.15, 0.2) is 53.5 Å². The van der Waals surface area contributed by atoms with E-state index in [1.807, 2.05) is 25.1 Å². The smallest absolute Gasteiger partial charge is 0.387 e. The molecule has 2 rings (SSSR count). The molecule has 0 radical (unpaired) electrons. The molecule has 0 unspecified atom stereocenters. The van der Waals surface area contributed by atoms with E-state index in [0.717, 1.165) is 25.1 Å². The van der Waals surface area contributed by atoms with Crippen molar-refractivity contribution in [2.75, 3.05) is 20.2 Å². The van der Waals surface area contributed by atoms with Crippen molar-refractivity contribution in [2.24, 2.45) is 4.99 Å². The fraction of sp³-hybridized carbons (Fsp3) is 0.350. The zero-order chi connectivity index (χ0) is 19.5. The minimum absolute atomic E-state index is 0.00207. The van der Waals surface area contributed by atoms with E-state index in [4.69, 9.17) is 4.74 Å². The summed E-state index contributed by atoms with van der Waals surface area (Å²) in [6, 6.07) is 15.0. The Morgan fingerprint density at radius 3 is 2.48 bits per heavy atom. The monoisotopic (exact) mass is 377 g/mol. The molecule has 0 fully saturated rings. The van der Waals surface area contributed by atoms with Crippen LogP contribution in [0.25, 0.3) is 0 Å². The molecule has 0 atom stereocenters. The fourth-order valence-corrected chi connectivity index (χ4v) is 2.49. The van der Waals surface area contributed by atoms with E-state index in [2.05, 4.69) is 32.5 Å². The molecule has 2 N–H and O–H groups in total. The number of hydrogen-bond donors (Lipinski definition) is 2. The van der Waals surface area contributed by atoms with E-state index >= 15 is 0 Å². The van der Waals surface area contributed by atoms with Crippen LogP contribution in [0.5, 0.6) is 11.5 Å². The predicted molar refractivity (Wildman–Crippen MR) is 103 cm³/mol. The maximum Gasteiger partial charge on any atom is 0.387 e. The van der Waals surface area contributed by atoms with Crippen LogP contribution in [0.2, 0.25) is 0 Å². The molecule has 0 saturated heterocycles. The molecular formula is C20H25F2N3O2. The first-order valence-electron chi connectivity index (χ1n) is 8.80. The van der Waals surface area contributed by atoms with E-state index in [-0.39, 0.29) is 11.5 Å². The molecule has 0 amide bonds. The van der Waals surface area contributed by atoms with Crippen LogP contribution in [0, 0.1) is 0 Å². The van der Waals surface area contributed by atoms with Gasteiger partial charge in [0.05, 0.1) is 13.7 Å². The first kappa shape index (κ1) is 20.5. The van der Waals surface area contributed by atoms with Gasteiger partial charge in [-0.25, -0.2) is 4.99 Å². The van der Waals surface area contributed by atoms with Crippen molar-refractivity contribution in [1.29, 1.82) is 0 Å². The van der Waals surface area contributed by atoms with E-state index < -0.39 is 6.61 Å². The quantitative estimate of drug-likeness (QED) is 0.518. The number of hydrogen-bond acceptors (Lipinski definition) is 3. The summed E-state index contributed by atoms with van der Waals surface area (Å²) < 4.78 is 34.6. The van der Waals surface area contributed by atoms with E-state index in [1.54, 1.807) is 12.1 Å². The number of nitrogens with one attached hydrogen (secondary N) is 2. The lowest BCUT2D eigenvalue weighted by Gasteiger charge is -2.13. The molecule has 146 valence electrons. The van der Waals surface area contributed by atoms with Crippen molar-refractivity contribution in [1.82, 2.24) is 10.6 Å². The minimum atomic E-state index is -2.91. The number of nitrogens with zero attached hydrogens (tertiary/aromatic N) is 1. The van der Waals surface area contributed by atoms with E-state index in [0.29, 0.717) is 12.5 Å². The van der Waals surface area contributed by atoms with Gasteiger partial charge in [0.2, 0.25) is 0 Å². The van der Waals surface area contributed by atoms with Gasteiger partial charge in [0.25, 0.3) is 0 Å². The van der Waals surface area contributed by atoms with Crippen molar-refractivity contribution < 1.29 is 18.3 Å². The Balaban J connectivity index is 1.98. The Kier molecular flexibility index (Phi) is 8.35. The van der Waals surface area contributed by atoms with Crippen molar-refractivity contribution >= 4 is 5.96 Å². The van der Waals surface area contributed by atoms with Gasteiger partial charge in [-0.1, -0.05) is 36.4 Å². The molecule has 0 aliphatic carbocycles. The van der Waals surface area contributed by atoms with E-state index in [1.165, 1.54) is 18.7 Å². The summed E-state index contributed by atoms with van der Waals surface area (Å²) in [6.45, 7) is 0.854. The molecule has 0 aliphatic heterocycles. The van der Waals surface area contributed by atoms with Crippen molar-refractivity contribution in [3.63, 3.8) is 0 Å². The zero-order valence-corrected chi connectivity index (χ0v) is 15.5. The second kappa shape index (κ2) is 11.0. The van der Waals surface area contributed by atoms with Gasteiger partial charge in [-0.3, -0.25) is 0 Å². The van der Waals surface area contributed by atoms with E-state index in [9.17, 15) is 8.78 Å². The summed E-state index contributed by atoms with van der Waals surface area (Å²) in [6.07, 6.45) is 0.875. The third-order valence-electron chi connectivity index (χ3n) is 3.76. The minimum Gasteiger partial charge on any atom is -0.493 e. The topological polar surface area (TPSA) is 54.9 Å². The van der Waals surface area contributed by atoms with Gasteiger partial charge in [0.1, 0.15) is 0 Å². The second-order valence-corrected chi connectivity index (χ2v) is 5.72. The molecule has 0 bridgehead atoms. The lowest BCUT2D eigenvalue weighted by Crippen LogP contribution is -2.38. The highest BCUT2D eigenvalue weighted by atomic mass is 19.3. The third kappa shape index (κ3) is 7.13. The fourth-order valence-electron chi connectivity index (χ4n) is 2.49. The summed E-state index contributed by atoms with van der Waals surface area (Å²) >= 11 is 0. The number of alkyl halides is 2. The summed E-state index contributed by atoms with van der Waals surface area (Å²) in [5, 5.41) is 6.44. The summed E-state index contributed by atoms with van der Waals surface area (Å²) in [5.74, 6) is 0.929. The van der Waals surface area contributed by atoms with Crippen LogP contribution in [0.4, 0.5) is 8.78 Å². The second-order valence-electron chi connectivity index (χ2n) is 5.72. The molecule has 0 aliphatic rings. The van der Waals surface area contributed by atoms with Gasteiger partial charge < -0.3 is 20.1 Å². The Hall–Kier alpha value is -2.83. The Morgan fingerprint density at radius 2 is 1.81 bits per heavy atom. The molecule has 0 saturated carbocycles. The number of rotatable bonds is 9.